The summed E-state index contributed by atoms with van der Waals surface area (Å²) in [6, 6.07) is 1.93. The molecule has 2 heterocycles. The van der Waals surface area contributed by atoms with Gasteiger partial charge in [-0.05, 0) is 19.9 Å². The standard InChI is InChI=1S/C11H18N4O/c1-11(2)8-15(6-7-16-11)9-4-5-13-10(12-3)14-9/h4-5H,6-8H2,1-3H3,(H,12,13,14). The van der Waals surface area contributed by atoms with Crippen LogP contribution >= 0.6 is 0 Å². The molecule has 0 bridgehead atoms. The van der Waals surface area contributed by atoms with Crippen molar-refractivity contribution in [3.8, 4) is 0 Å². The lowest BCUT2D eigenvalue weighted by Gasteiger charge is -2.38. The van der Waals surface area contributed by atoms with E-state index in [2.05, 4.69) is 34.0 Å². The second-order valence-electron chi connectivity index (χ2n) is 4.52. The van der Waals surface area contributed by atoms with Crippen LogP contribution in [0.2, 0.25) is 0 Å². The maximum Gasteiger partial charge on any atom is 0.224 e. The van der Waals surface area contributed by atoms with Gasteiger partial charge in [-0.1, -0.05) is 0 Å². The quantitative estimate of drug-likeness (QED) is 0.813. The number of hydrogen-bond donors (Lipinski definition) is 1. The summed E-state index contributed by atoms with van der Waals surface area (Å²) in [7, 11) is 1.82. The lowest BCUT2D eigenvalue weighted by atomic mass is 10.1. The molecule has 16 heavy (non-hydrogen) atoms. The molecule has 1 aliphatic heterocycles. The molecular formula is C11H18N4O. The van der Waals surface area contributed by atoms with E-state index in [-0.39, 0.29) is 5.60 Å². The SMILES string of the molecule is CNc1nccc(N2CCOC(C)(C)C2)n1. The van der Waals surface area contributed by atoms with Crippen molar-refractivity contribution in [2.75, 3.05) is 37.0 Å². The molecule has 0 unspecified atom stereocenters. The highest BCUT2D eigenvalue weighted by atomic mass is 16.5. The lowest BCUT2D eigenvalue weighted by molar-refractivity contribution is -0.0279. The Bertz CT molecular complexity index is 367. The molecule has 1 N–H and O–H groups in total. The number of rotatable bonds is 2. The van der Waals surface area contributed by atoms with Crippen molar-refractivity contribution >= 4 is 11.8 Å². The topological polar surface area (TPSA) is 50.3 Å². The fourth-order valence-electron chi connectivity index (χ4n) is 1.86. The van der Waals surface area contributed by atoms with Gasteiger partial charge in [0.15, 0.2) is 0 Å². The van der Waals surface area contributed by atoms with Crippen LogP contribution in [-0.2, 0) is 4.74 Å². The van der Waals surface area contributed by atoms with Crippen LogP contribution < -0.4 is 10.2 Å². The van der Waals surface area contributed by atoms with Gasteiger partial charge < -0.3 is 15.0 Å². The summed E-state index contributed by atoms with van der Waals surface area (Å²) in [5.74, 6) is 1.61. The molecule has 88 valence electrons. The molecule has 0 amide bonds. The maximum absolute atomic E-state index is 5.67. The van der Waals surface area contributed by atoms with Gasteiger partial charge in [0.05, 0.1) is 12.2 Å². The molecule has 0 saturated carbocycles. The van der Waals surface area contributed by atoms with E-state index in [9.17, 15) is 0 Å². The largest absolute Gasteiger partial charge is 0.372 e. The lowest BCUT2D eigenvalue weighted by Crippen LogP contribution is -2.48. The molecule has 1 aliphatic rings. The van der Waals surface area contributed by atoms with E-state index in [4.69, 9.17) is 4.74 Å². The van der Waals surface area contributed by atoms with E-state index >= 15 is 0 Å². The first-order valence-corrected chi connectivity index (χ1v) is 5.50. The fourth-order valence-corrected chi connectivity index (χ4v) is 1.86. The van der Waals surface area contributed by atoms with E-state index in [1.54, 1.807) is 6.20 Å². The van der Waals surface area contributed by atoms with Crippen LogP contribution in [0.3, 0.4) is 0 Å². The predicted molar refractivity (Wildman–Crippen MR) is 63.8 cm³/mol. The Kier molecular flexibility index (Phi) is 2.96. The average molecular weight is 222 g/mol. The van der Waals surface area contributed by atoms with Crippen molar-refractivity contribution in [1.29, 1.82) is 0 Å². The van der Waals surface area contributed by atoms with Crippen molar-refractivity contribution in [2.45, 2.75) is 19.4 Å². The van der Waals surface area contributed by atoms with Crippen molar-refractivity contribution in [3.63, 3.8) is 0 Å². The first-order valence-electron chi connectivity index (χ1n) is 5.50. The van der Waals surface area contributed by atoms with Crippen LogP contribution in [-0.4, -0.2) is 42.3 Å². The molecule has 2 rings (SSSR count). The van der Waals surface area contributed by atoms with Gasteiger partial charge >= 0.3 is 0 Å². The molecule has 1 saturated heterocycles. The minimum atomic E-state index is -0.108. The average Bonchev–Trinajstić information content (AvgIpc) is 2.28. The third-order valence-corrected chi connectivity index (χ3v) is 2.61. The van der Waals surface area contributed by atoms with Gasteiger partial charge in [-0.2, -0.15) is 4.98 Å². The number of morpholine rings is 1. The van der Waals surface area contributed by atoms with E-state index in [1.807, 2.05) is 13.1 Å². The van der Waals surface area contributed by atoms with Gasteiger partial charge in [-0.3, -0.25) is 0 Å². The maximum atomic E-state index is 5.67. The molecule has 1 aromatic heterocycles. The Morgan fingerprint density at radius 1 is 1.50 bits per heavy atom. The van der Waals surface area contributed by atoms with Crippen molar-refractivity contribution < 1.29 is 4.74 Å². The van der Waals surface area contributed by atoms with Gasteiger partial charge in [-0.25, -0.2) is 4.98 Å². The van der Waals surface area contributed by atoms with Crippen LogP contribution in [0.25, 0.3) is 0 Å². The predicted octanol–water partition coefficient (Wildman–Crippen LogP) is 1.13. The number of ether oxygens (including phenoxy) is 1. The van der Waals surface area contributed by atoms with Crippen LogP contribution in [0.5, 0.6) is 0 Å². The Labute approximate surface area is 95.8 Å². The number of hydrogen-bond acceptors (Lipinski definition) is 5. The van der Waals surface area contributed by atoms with Crippen molar-refractivity contribution in [3.05, 3.63) is 12.3 Å². The zero-order chi connectivity index (χ0) is 11.6. The number of aromatic nitrogens is 2. The highest BCUT2D eigenvalue weighted by Crippen LogP contribution is 2.21. The van der Waals surface area contributed by atoms with Gasteiger partial charge in [0.25, 0.3) is 0 Å². The van der Waals surface area contributed by atoms with Gasteiger partial charge in [0.2, 0.25) is 5.95 Å². The summed E-state index contributed by atoms with van der Waals surface area (Å²) < 4.78 is 5.67. The molecule has 0 aromatic carbocycles. The third-order valence-electron chi connectivity index (χ3n) is 2.61. The van der Waals surface area contributed by atoms with Gasteiger partial charge in [0, 0.05) is 26.3 Å². The number of nitrogens with one attached hydrogen (secondary N) is 1. The summed E-state index contributed by atoms with van der Waals surface area (Å²) in [4.78, 5) is 10.8. The molecule has 1 fully saturated rings. The highest BCUT2D eigenvalue weighted by molar-refractivity contribution is 5.43. The third kappa shape index (κ3) is 2.41. The van der Waals surface area contributed by atoms with Crippen LogP contribution in [0, 0.1) is 0 Å². The van der Waals surface area contributed by atoms with Gasteiger partial charge in [0.1, 0.15) is 5.82 Å². The summed E-state index contributed by atoms with van der Waals surface area (Å²) in [6.45, 7) is 6.67. The van der Waals surface area contributed by atoms with E-state index in [1.165, 1.54) is 0 Å². The summed E-state index contributed by atoms with van der Waals surface area (Å²) in [5, 5.41) is 2.95. The van der Waals surface area contributed by atoms with Crippen LogP contribution in [0.4, 0.5) is 11.8 Å². The molecule has 0 atom stereocenters. The smallest absolute Gasteiger partial charge is 0.224 e. The molecule has 5 heteroatoms. The summed E-state index contributed by atoms with van der Waals surface area (Å²) in [6.07, 6.45) is 1.77. The minimum absolute atomic E-state index is 0.108. The summed E-state index contributed by atoms with van der Waals surface area (Å²) >= 11 is 0. The molecule has 5 nitrogen and oxygen atoms in total. The van der Waals surface area contributed by atoms with Crippen LogP contribution in [0.15, 0.2) is 12.3 Å². The second kappa shape index (κ2) is 4.25. The highest BCUT2D eigenvalue weighted by Gasteiger charge is 2.27. The first kappa shape index (κ1) is 11.1. The number of anilines is 2. The zero-order valence-electron chi connectivity index (χ0n) is 10.0. The molecule has 0 radical (unpaired) electrons. The normalized spacial score (nSPS) is 19.6. The zero-order valence-corrected chi connectivity index (χ0v) is 10.0. The number of nitrogens with zero attached hydrogens (tertiary/aromatic N) is 3. The fraction of sp³-hybridized carbons (Fsp3) is 0.636. The molecule has 0 aliphatic carbocycles. The Morgan fingerprint density at radius 3 is 3.00 bits per heavy atom. The molecule has 0 spiro atoms. The molecular weight excluding hydrogens is 204 g/mol. The molecule has 1 aromatic rings. The monoisotopic (exact) mass is 222 g/mol. The van der Waals surface area contributed by atoms with Crippen molar-refractivity contribution in [1.82, 2.24) is 9.97 Å². The Balaban J connectivity index is 2.16. The van der Waals surface area contributed by atoms with Crippen LogP contribution in [0.1, 0.15) is 13.8 Å². The minimum Gasteiger partial charge on any atom is -0.372 e. The van der Waals surface area contributed by atoms with Gasteiger partial charge in [-0.15, -0.1) is 0 Å². The van der Waals surface area contributed by atoms with E-state index in [0.717, 1.165) is 25.5 Å². The van der Waals surface area contributed by atoms with E-state index < -0.39 is 0 Å². The van der Waals surface area contributed by atoms with E-state index in [0.29, 0.717) is 5.95 Å². The summed E-state index contributed by atoms with van der Waals surface area (Å²) in [5.41, 5.74) is -0.108. The second-order valence-corrected chi connectivity index (χ2v) is 4.52. The van der Waals surface area contributed by atoms with Crippen molar-refractivity contribution in [2.24, 2.45) is 0 Å². The Morgan fingerprint density at radius 2 is 2.31 bits per heavy atom. The first-order chi connectivity index (χ1) is 7.61. The Hall–Kier alpha value is -1.36.